The maximum Gasteiger partial charge on any atom is 0.417 e. The fourth-order valence-corrected chi connectivity index (χ4v) is 9.64. The van der Waals surface area contributed by atoms with Gasteiger partial charge in [-0.1, -0.05) is 89.4 Å². The molecule has 3 fully saturated rings. The van der Waals surface area contributed by atoms with Gasteiger partial charge in [0.15, 0.2) is 5.82 Å². The Bertz CT molecular complexity index is 2300. The minimum Gasteiger partial charge on any atom is -0.507 e. The lowest BCUT2D eigenvalue weighted by molar-refractivity contribution is -0.142. The molecular formula is C41H33Cl2F3N4O5. The number of carbonyl (C=O) groups excluding carboxylic acids is 4. The van der Waals surface area contributed by atoms with Crippen molar-refractivity contribution in [1.82, 2.24) is 14.9 Å². The van der Waals surface area contributed by atoms with Gasteiger partial charge < -0.3 is 5.11 Å². The van der Waals surface area contributed by atoms with Crippen molar-refractivity contribution in [2.24, 2.45) is 23.7 Å². The minimum absolute atomic E-state index is 0.00268. The highest BCUT2D eigenvalue weighted by molar-refractivity contribution is 6.33. The van der Waals surface area contributed by atoms with Crippen molar-refractivity contribution in [2.45, 2.75) is 50.7 Å². The number of hydrogen-bond donors (Lipinski definition) is 2. The van der Waals surface area contributed by atoms with Crippen LogP contribution < -0.4 is 5.43 Å². The van der Waals surface area contributed by atoms with Crippen LogP contribution in [0.4, 0.5) is 19.0 Å². The van der Waals surface area contributed by atoms with E-state index in [4.69, 9.17) is 23.2 Å². The van der Waals surface area contributed by atoms with Crippen LogP contribution in [0, 0.1) is 37.5 Å². The molecule has 2 aliphatic heterocycles. The van der Waals surface area contributed by atoms with E-state index in [1.807, 2.05) is 36.4 Å². The molecule has 8 rings (SSSR count). The molecule has 0 unspecified atom stereocenters. The first-order valence-corrected chi connectivity index (χ1v) is 18.4. The van der Waals surface area contributed by atoms with Crippen LogP contribution in [0.15, 0.2) is 90.6 Å². The molecule has 6 atom stereocenters. The maximum absolute atomic E-state index is 15.3. The van der Waals surface area contributed by atoms with Crippen LogP contribution in [0.1, 0.15) is 52.1 Å². The number of nitrogens with zero attached hydrogens (tertiary/aromatic N) is 3. The number of benzene rings is 3. The second-order valence-electron chi connectivity index (χ2n) is 14.7. The number of phenols is 1. The number of hydrazine groups is 1. The third-order valence-corrected chi connectivity index (χ3v) is 12.2. The van der Waals surface area contributed by atoms with Crippen LogP contribution in [0.3, 0.4) is 0 Å². The molecule has 4 aliphatic rings. The van der Waals surface area contributed by atoms with E-state index in [1.54, 1.807) is 50.2 Å². The number of imide groups is 2. The smallest absolute Gasteiger partial charge is 0.417 e. The number of amides is 4. The number of pyridine rings is 1. The number of likely N-dealkylation sites (tertiary alicyclic amines) is 1. The number of aromatic nitrogens is 1. The van der Waals surface area contributed by atoms with Crippen LogP contribution in [0.2, 0.25) is 10.0 Å². The van der Waals surface area contributed by atoms with Crippen molar-refractivity contribution in [1.29, 1.82) is 0 Å². The number of phenolic OH excluding ortho intramolecular Hbond substituents is 1. The van der Waals surface area contributed by atoms with E-state index in [2.05, 4.69) is 10.4 Å². The molecule has 2 N–H and O–H groups in total. The number of aromatic hydroxyl groups is 1. The first-order chi connectivity index (χ1) is 26.1. The van der Waals surface area contributed by atoms with E-state index in [1.165, 1.54) is 4.90 Å². The molecule has 0 spiro atoms. The van der Waals surface area contributed by atoms with E-state index in [0.717, 1.165) is 10.6 Å². The molecular weight excluding hydrogens is 756 g/mol. The molecule has 2 aliphatic carbocycles. The summed E-state index contributed by atoms with van der Waals surface area (Å²) in [7, 11) is 0. The molecule has 55 heavy (non-hydrogen) atoms. The lowest BCUT2D eigenvalue weighted by Crippen LogP contribution is -2.53. The molecule has 4 aromatic rings. The van der Waals surface area contributed by atoms with Crippen molar-refractivity contribution in [3.05, 3.63) is 134 Å². The quantitative estimate of drug-likeness (QED) is 0.151. The van der Waals surface area contributed by atoms with E-state index in [9.17, 15) is 32.7 Å². The SMILES string of the molecule is Cc1cc([C@H]2C3=CC[C@@H]4C(=O)N(Cc5ccccc5)C(=O)[C@@H]4[C@@H]3C[C@H]3C(=O)N(Nc4ncc(C(F)(F)F)cc4Cl)C(=O)[C@@]23c2ccc(Cl)cc2)cc(C)c1O. The average molecular weight is 790 g/mol. The van der Waals surface area contributed by atoms with Gasteiger partial charge in [-0.3, -0.25) is 29.5 Å². The second kappa shape index (κ2) is 13.2. The molecule has 0 bridgehead atoms. The van der Waals surface area contributed by atoms with Gasteiger partial charge in [-0.15, -0.1) is 0 Å². The van der Waals surface area contributed by atoms with Gasteiger partial charge in [-0.2, -0.15) is 18.2 Å². The molecule has 0 radical (unpaired) electrons. The Morgan fingerprint density at radius 1 is 0.909 bits per heavy atom. The Morgan fingerprint density at radius 3 is 2.22 bits per heavy atom. The van der Waals surface area contributed by atoms with Gasteiger partial charge in [0.1, 0.15) is 5.75 Å². The van der Waals surface area contributed by atoms with Gasteiger partial charge in [0.05, 0.1) is 40.3 Å². The highest BCUT2D eigenvalue weighted by Crippen LogP contribution is 2.64. The summed E-state index contributed by atoms with van der Waals surface area (Å²) in [5.74, 6) is -6.61. The third kappa shape index (κ3) is 5.71. The predicted molar refractivity (Wildman–Crippen MR) is 196 cm³/mol. The summed E-state index contributed by atoms with van der Waals surface area (Å²) >= 11 is 12.6. The Hall–Kier alpha value is -5.20. The summed E-state index contributed by atoms with van der Waals surface area (Å²) in [6.07, 6.45) is -2.06. The molecule has 14 heteroatoms. The Morgan fingerprint density at radius 2 is 1.58 bits per heavy atom. The first kappa shape index (κ1) is 36.8. The van der Waals surface area contributed by atoms with Crippen LogP contribution >= 0.6 is 23.2 Å². The van der Waals surface area contributed by atoms with Gasteiger partial charge in [-0.25, -0.2) is 4.98 Å². The zero-order chi connectivity index (χ0) is 39.1. The van der Waals surface area contributed by atoms with Crippen LogP contribution in [0.5, 0.6) is 5.75 Å². The van der Waals surface area contributed by atoms with Gasteiger partial charge in [0.25, 0.3) is 11.8 Å². The summed E-state index contributed by atoms with van der Waals surface area (Å²) in [5.41, 5.74) is 3.38. The number of halogens is 5. The number of carbonyl (C=O) groups is 4. The van der Waals surface area contributed by atoms with Crippen molar-refractivity contribution in [2.75, 3.05) is 5.43 Å². The zero-order valence-corrected chi connectivity index (χ0v) is 30.9. The Labute approximate surface area is 323 Å². The van der Waals surface area contributed by atoms with Gasteiger partial charge in [0, 0.05) is 17.1 Å². The fourth-order valence-electron chi connectivity index (χ4n) is 9.30. The summed E-state index contributed by atoms with van der Waals surface area (Å²) in [4.78, 5) is 63.7. The zero-order valence-electron chi connectivity index (χ0n) is 29.4. The van der Waals surface area contributed by atoms with Crippen LogP contribution in [-0.2, 0) is 37.3 Å². The van der Waals surface area contributed by atoms with E-state index in [-0.39, 0.29) is 42.8 Å². The van der Waals surface area contributed by atoms with E-state index in [0.29, 0.717) is 45.1 Å². The van der Waals surface area contributed by atoms with Gasteiger partial charge >= 0.3 is 6.18 Å². The van der Waals surface area contributed by atoms with E-state index >= 15 is 4.79 Å². The number of rotatable bonds is 6. The monoisotopic (exact) mass is 788 g/mol. The molecule has 1 saturated carbocycles. The number of aryl methyl sites for hydroxylation is 2. The topological polar surface area (TPSA) is 120 Å². The summed E-state index contributed by atoms with van der Waals surface area (Å²) in [6, 6.07) is 19.9. The number of hydrogen-bond acceptors (Lipinski definition) is 7. The van der Waals surface area contributed by atoms with E-state index < -0.39 is 63.6 Å². The molecule has 3 aromatic carbocycles. The third-order valence-electron chi connectivity index (χ3n) is 11.7. The highest BCUT2D eigenvalue weighted by atomic mass is 35.5. The second-order valence-corrected chi connectivity index (χ2v) is 15.5. The van der Waals surface area contributed by atoms with Gasteiger partial charge in [-0.05, 0) is 78.6 Å². The van der Waals surface area contributed by atoms with Gasteiger partial charge in [0.2, 0.25) is 11.8 Å². The van der Waals surface area contributed by atoms with Crippen molar-refractivity contribution >= 4 is 52.6 Å². The largest absolute Gasteiger partial charge is 0.507 e. The summed E-state index contributed by atoms with van der Waals surface area (Å²) in [5, 5.41) is 11.5. The van der Waals surface area contributed by atoms with Crippen LogP contribution in [-0.4, -0.2) is 43.6 Å². The standard InChI is InChI=1S/C41H33Cl2F3N4O5/c1-20-14-23(15-21(2)34(20)51)33-27-12-13-28-32(38(54)49(36(28)52)19-22-6-4-3-5-7-22)29(27)17-30-37(53)50(39(55)40(30,33)24-8-10-26(42)11-9-24)48-35-31(43)16-25(18-47-35)41(44,45)46/h3-12,14-16,18,28-30,32-33,51H,13,17,19H2,1-2H3,(H,47,48)/t28-,29+,30-,32-,33-,40+/m0/s1. The molecule has 2 saturated heterocycles. The molecule has 3 heterocycles. The van der Waals surface area contributed by atoms with Crippen molar-refractivity contribution < 1.29 is 37.5 Å². The fraction of sp³-hybridized carbons (Fsp3) is 0.293. The molecule has 282 valence electrons. The average Bonchev–Trinajstić information content (AvgIpc) is 3.51. The van der Waals surface area contributed by atoms with Crippen molar-refractivity contribution in [3.63, 3.8) is 0 Å². The normalized spacial score (nSPS) is 26.2. The van der Waals surface area contributed by atoms with Crippen LogP contribution in [0.25, 0.3) is 0 Å². The number of anilines is 1. The molecule has 4 amide bonds. The lowest BCUT2D eigenvalue weighted by atomic mass is 9.49. The molecule has 9 nitrogen and oxygen atoms in total. The Kier molecular flexibility index (Phi) is 8.84. The lowest BCUT2D eigenvalue weighted by Gasteiger charge is -2.50. The minimum atomic E-state index is -4.74. The number of fused-ring (bicyclic) bond motifs is 4. The number of allylic oxidation sites excluding steroid dienone is 2. The Balaban J connectivity index is 1.30. The number of alkyl halides is 3. The van der Waals surface area contributed by atoms with Crippen molar-refractivity contribution in [3.8, 4) is 5.75 Å². The maximum atomic E-state index is 15.3. The predicted octanol–water partition coefficient (Wildman–Crippen LogP) is 7.91. The number of nitrogens with one attached hydrogen (secondary N) is 1. The summed E-state index contributed by atoms with van der Waals surface area (Å²) < 4.78 is 40.5. The molecule has 1 aromatic heterocycles. The first-order valence-electron chi connectivity index (χ1n) is 17.7. The highest BCUT2D eigenvalue weighted by Gasteiger charge is 2.70. The summed E-state index contributed by atoms with van der Waals surface area (Å²) in [6.45, 7) is 3.53.